The zero-order chi connectivity index (χ0) is 23.3. The van der Waals surface area contributed by atoms with E-state index >= 15 is 0 Å². The highest BCUT2D eigenvalue weighted by Crippen LogP contribution is 2.22. The normalized spacial score (nSPS) is 12.0. The Labute approximate surface area is 190 Å². The van der Waals surface area contributed by atoms with Crippen LogP contribution in [-0.4, -0.2) is 38.4 Å². The summed E-state index contributed by atoms with van der Waals surface area (Å²) in [5.41, 5.74) is 0.613. The van der Waals surface area contributed by atoms with E-state index in [4.69, 9.17) is 16.3 Å². The molecule has 2 aromatic carbocycles. The molecule has 3 aromatic rings. The highest BCUT2D eigenvalue weighted by molar-refractivity contribution is 7.92. The Hall–Kier alpha value is -3.43. The Balaban J connectivity index is 1.65. The van der Waals surface area contributed by atoms with E-state index in [-0.39, 0.29) is 16.3 Å². The number of pyridine rings is 1. The van der Waals surface area contributed by atoms with Crippen molar-refractivity contribution in [3.05, 3.63) is 83.5 Å². The minimum absolute atomic E-state index is 0.0139. The topological polar surface area (TPSA) is 106 Å². The number of para-hydroxylation sites is 1. The molecule has 0 bridgehead atoms. The largest absolute Gasteiger partial charge is 0.449 e. The van der Waals surface area contributed by atoms with Gasteiger partial charge in [0, 0.05) is 13.2 Å². The summed E-state index contributed by atoms with van der Waals surface area (Å²) in [7, 11) is -2.36. The molecule has 10 heteroatoms. The molecule has 1 N–H and O–H groups in total. The Morgan fingerprint density at radius 3 is 2.28 bits per heavy atom. The summed E-state index contributed by atoms with van der Waals surface area (Å²) in [5, 5.41) is 2.93. The lowest BCUT2D eigenvalue weighted by atomic mass is 10.2. The first-order valence-electron chi connectivity index (χ1n) is 9.46. The maximum atomic E-state index is 12.8. The molecule has 8 nitrogen and oxygen atoms in total. The molecule has 32 heavy (non-hydrogen) atoms. The van der Waals surface area contributed by atoms with Crippen LogP contribution in [0.3, 0.4) is 0 Å². The number of nitrogens with zero attached hydrogens (tertiary/aromatic N) is 2. The lowest BCUT2D eigenvalue weighted by Gasteiger charge is -2.19. The first-order chi connectivity index (χ1) is 15.2. The number of hydrogen-bond donors (Lipinski definition) is 1. The molecule has 3 rings (SSSR count). The number of sulfonamides is 1. The summed E-state index contributed by atoms with van der Waals surface area (Å²) in [6, 6.07) is 17.0. The van der Waals surface area contributed by atoms with Gasteiger partial charge in [0.1, 0.15) is 5.82 Å². The van der Waals surface area contributed by atoms with Gasteiger partial charge in [-0.25, -0.2) is 18.2 Å². The number of halogens is 1. The van der Waals surface area contributed by atoms with Gasteiger partial charge in [0.15, 0.2) is 6.10 Å². The van der Waals surface area contributed by atoms with Crippen molar-refractivity contribution >= 4 is 45.0 Å². The van der Waals surface area contributed by atoms with Crippen molar-refractivity contribution in [1.82, 2.24) is 4.98 Å². The number of benzene rings is 2. The van der Waals surface area contributed by atoms with Crippen LogP contribution in [0.15, 0.2) is 77.8 Å². The fourth-order valence-corrected chi connectivity index (χ4v) is 3.96. The highest BCUT2D eigenvalue weighted by atomic mass is 35.5. The summed E-state index contributed by atoms with van der Waals surface area (Å²) in [6.45, 7) is 1.41. The quantitative estimate of drug-likeness (QED) is 0.524. The molecular formula is C22H20ClN3O5S. The number of hydrogen-bond acceptors (Lipinski definition) is 6. The number of carbonyl (C=O) groups excluding carboxylic acids is 2. The molecule has 0 unspecified atom stereocenters. The molecule has 1 atom stereocenters. The van der Waals surface area contributed by atoms with E-state index in [0.29, 0.717) is 10.7 Å². The number of esters is 1. The number of amides is 1. The van der Waals surface area contributed by atoms with Crippen molar-refractivity contribution < 1.29 is 22.7 Å². The lowest BCUT2D eigenvalue weighted by molar-refractivity contribution is -0.123. The first-order valence-corrected chi connectivity index (χ1v) is 11.3. The van der Waals surface area contributed by atoms with Crippen LogP contribution in [0.5, 0.6) is 0 Å². The minimum Gasteiger partial charge on any atom is -0.449 e. The van der Waals surface area contributed by atoms with Crippen LogP contribution in [0.25, 0.3) is 0 Å². The zero-order valence-electron chi connectivity index (χ0n) is 17.2. The van der Waals surface area contributed by atoms with Crippen LogP contribution < -0.4 is 9.62 Å². The fourth-order valence-electron chi connectivity index (χ4n) is 2.66. The van der Waals surface area contributed by atoms with Crippen LogP contribution in [0, 0.1) is 0 Å². The van der Waals surface area contributed by atoms with Crippen molar-refractivity contribution in [2.24, 2.45) is 0 Å². The van der Waals surface area contributed by atoms with Crippen molar-refractivity contribution in [3.8, 4) is 0 Å². The molecule has 1 aromatic heterocycles. The van der Waals surface area contributed by atoms with Crippen LogP contribution in [0.4, 0.5) is 11.5 Å². The highest BCUT2D eigenvalue weighted by Gasteiger charge is 2.23. The van der Waals surface area contributed by atoms with Gasteiger partial charge in [0.25, 0.3) is 15.9 Å². The maximum Gasteiger partial charge on any atom is 0.338 e. The minimum atomic E-state index is -3.81. The van der Waals surface area contributed by atoms with E-state index < -0.39 is 28.0 Å². The van der Waals surface area contributed by atoms with Crippen LogP contribution >= 0.6 is 11.6 Å². The third-order valence-corrected chi connectivity index (χ3v) is 6.52. The standard InChI is InChI=1S/C22H20ClN3O5S/c1-15(21(27)25-20-13-10-17(23)14-24-20)31-22(28)16-8-11-19(12-9-16)32(29,30)26(2)18-6-4-3-5-7-18/h3-15H,1-2H3,(H,24,25,27)/t15-/m1/s1. The van der Waals surface area contributed by atoms with Crippen molar-refractivity contribution in [2.45, 2.75) is 17.9 Å². The van der Waals surface area contributed by atoms with Gasteiger partial charge in [0.2, 0.25) is 0 Å². The number of nitrogens with one attached hydrogen (secondary N) is 1. The fraction of sp³-hybridized carbons (Fsp3) is 0.136. The number of anilines is 2. The van der Waals surface area contributed by atoms with Crippen molar-refractivity contribution in [3.63, 3.8) is 0 Å². The average Bonchev–Trinajstić information content (AvgIpc) is 2.80. The molecule has 0 fully saturated rings. The van der Waals surface area contributed by atoms with Gasteiger partial charge in [-0.05, 0) is 55.5 Å². The number of aromatic nitrogens is 1. The maximum absolute atomic E-state index is 12.8. The smallest absolute Gasteiger partial charge is 0.338 e. The molecular weight excluding hydrogens is 454 g/mol. The van der Waals surface area contributed by atoms with Gasteiger partial charge in [-0.3, -0.25) is 9.10 Å². The summed E-state index contributed by atoms with van der Waals surface area (Å²) in [4.78, 5) is 28.5. The Morgan fingerprint density at radius 1 is 1.03 bits per heavy atom. The van der Waals surface area contributed by atoms with Gasteiger partial charge in [0.05, 0.1) is 21.2 Å². The molecule has 0 aliphatic heterocycles. The van der Waals surface area contributed by atoms with Gasteiger partial charge >= 0.3 is 5.97 Å². The monoisotopic (exact) mass is 473 g/mol. The summed E-state index contributed by atoms with van der Waals surface area (Å²) < 4.78 is 32.0. The SMILES string of the molecule is C[C@@H](OC(=O)c1ccc(S(=O)(=O)N(C)c2ccccc2)cc1)C(=O)Nc1ccc(Cl)cn1. The Kier molecular flexibility index (Phi) is 7.12. The summed E-state index contributed by atoms with van der Waals surface area (Å²) >= 11 is 5.75. The van der Waals surface area contributed by atoms with Crippen LogP contribution in [-0.2, 0) is 19.6 Å². The Bertz CT molecular complexity index is 1200. The first kappa shape index (κ1) is 23.2. The lowest BCUT2D eigenvalue weighted by Crippen LogP contribution is -2.30. The predicted octanol–water partition coefficient (Wildman–Crippen LogP) is 3.74. The van der Waals surface area contributed by atoms with Crippen molar-refractivity contribution in [1.29, 1.82) is 0 Å². The molecule has 166 valence electrons. The third-order valence-electron chi connectivity index (χ3n) is 4.50. The van der Waals surface area contributed by atoms with E-state index in [1.165, 1.54) is 50.5 Å². The molecule has 1 amide bonds. The third kappa shape index (κ3) is 5.43. The van der Waals surface area contributed by atoms with Gasteiger partial charge < -0.3 is 10.1 Å². The zero-order valence-corrected chi connectivity index (χ0v) is 18.8. The van der Waals surface area contributed by atoms with Gasteiger partial charge in [-0.15, -0.1) is 0 Å². The second kappa shape index (κ2) is 9.80. The molecule has 0 aliphatic rings. The molecule has 1 heterocycles. The second-order valence-electron chi connectivity index (χ2n) is 6.73. The number of rotatable bonds is 7. The number of ether oxygens (including phenoxy) is 1. The predicted molar refractivity (Wildman–Crippen MR) is 121 cm³/mol. The molecule has 0 radical (unpaired) electrons. The molecule has 0 aliphatic carbocycles. The Morgan fingerprint density at radius 2 is 1.69 bits per heavy atom. The summed E-state index contributed by atoms with van der Waals surface area (Å²) in [5.74, 6) is -1.08. The van der Waals surface area contributed by atoms with E-state index in [2.05, 4.69) is 10.3 Å². The van der Waals surface area contributed by atoms with Crippen molar-refractivity contribution in [2.75, 3.05) is 16.7 Å². The molecule has 0 saturated carbocycles. The van der Waals surface area contributed by atoms with E-state index in [1.54, 1.807) is 36.4 Å². The molecule has 0 spiro atoms. The van der Waals surface area contributed by atoms with E-state index in [0.717, 1.165) is 4.31 Å². The average molecular weight is 474 g/mol. The van der Waals surface area contributed by atoms with E-state index in [1.807, 2.05) is 0 Å². The second-order valence-corrected chi connectivity index (χ2v) is 9.14. The summed E-state index contributed by atoms with van der Waals surface area (Å²) in [6.07, 6.45) is 0.270. The number of carbonyl (C=O) groups is 2. The van der Waals surface area contributed by atoms with Crippen LogP contribution in [0.2, 0.25) is 5.02 Å². The molecule has 0 saturated heterocycles. The van der Waals surface area contributed by atoms with Gasteiger partial charge in [-0.1, -0.05) is 29.8 Å². The van der Waals surface area contributed by atoms with E-state index in [9.17, 15) is 18.0 Å². The van der Waals surface area contributed by atoms with Crippen LogP contribution in [0.1, 0.15) is 17.3 Å². The van der Waals surface area contributed by atoms with Gasteiger partial charge in [-0.2, -0.15) is 0 Å².